The number of carbonyl (C=O) groups is 1. The Morgan fingerprint density at radius 3 is 2.32 bits per heavy atom. The van der Waals surface area contributed by atoms with Crippen LogP contribution in [0.3, 0.4) is 0 Å². The maximum atomic E-state index is 12.8. The number of aromatic nitrogens is 2. The summed E-state index contributed by atoms with van der Waals surface area (Å²) in [7, 11) is 1.56. The number of carbonyl (C=O) groups excluding carboxylic acids is 1. The van der Waals surface area contributed by atoms with Crippen LogP contribution < -0.4 is 10.9 Å². The van der Waals surface area contributed by atoms with E-state index in [1.54, 1.807) is 7.11 Å². The van der Waals surface area contributed by atoms with Gasteiger partial charge in [-0.3, -0.25) is 9.59 Å². The van der Waals surface area contributed by atoms with Gasteiger partial charge in [0.15, 0.2) is 0 Å². The Morgan fingerprint density at radius 1 is 1.14 bits per heavy atom. The fraction of sp³-hybridized carbons (Fsp3) is 0.500. The smallest absolute Gasteiger partial charge is 0.272 e. The molecule has 0 saturated heterocycles. The van der Waals surface area contributed by atoms with Gasteiger partial charge in [-0.2, -0.15) is 5.10 Å². The predicted octanol–water partition coefficient (Wildman–Crippen LogP) is 3.31. The molecule has 6 nitrogen and oxygen atoms in total. The van der Waals surface area contributed by atoms with Crippen LogP contribution in [0.15, 0.2) is 41.2 Å². The molecule has 1 atom stereocenters. The van der Waals surface area contributed by atoms with Gasteiger partial charge in [-0.05, 0) is 28.5 Å². The highest BCUT2D eigenvalue weighted by atomic mass is 16.5. The van der Waals surface area contributed by atoms with Gasteiger partial charge in [-0.15, -0.1) is 0 Å². The van der Waals surface area contributed by atoms with E-state index in [2.05, 4.69) is 69.3 Å². The summed E-state index contributed by atoms with van der Waals surface area (Å²) in [5, 5.41) is 7.24. The van der Waals surface area contributed by atoms with Gasteiger partial charge < -0.3 is 10.1 Å². The molecule has 0 aliphatic rings. The van der Waals surface area contributed by atoms with Gasteiger partial charge in [0.25, 0.3) is 11.5 Å². The highest BCUT2D eigenvalue weighted by Crippen LogP contribution is 2.27. The Morgan fingerprint density at radius 2 is 1.79 bits per heavy atom. The third kappa shape index (κ3) is 5.52. The van der Waals surface area contributed by atoms with Crippen LogP contribution in [0.1, 0.15) is 62.3 Å². The van der Waals surface area contributed by atoms with Crippen molar-refractivity contribution in [1.82, 2.24) is 15.1 Å². The van der Waals surface area contributed by atoms with Crippen molar-refractivity contribution in [1.29, 1.82) is 0 Å². The average Bonchev–Trinajstić information content (AvgIpc) is 2.64. The van der Waals surface area contributed by atoms with Gasteiger partial charge in [0, 0.05) is 13.2 Å². The number of amides is 1. The molecule has 0 fully saturated rings. The van der Waals surface area contributed by atoms with Gasteiger partial charge in [-0.1, -0.05) is 58.9 Å². The molecule has 2 aromatic rings. The molecule has 1 amide bonds. The summed E-state index contributed by atoms with van der Waals surface area (Å²) in [5.41, 5.74) is 2.33. The second-order valence-corrected chi connectivity index (χ2v) is 8.34. The van der Waals surface area contributed by atoms with Crippen molar-refractivity contribution in [2.24, 2.45) is 5.92 Å². The van der Waals surface area contributed by atoms with Crippen molar-refractivity contribution >= 4 is 5.91 Å². The van der Waals surface area contributed by atoms with E-state index in [4.69, 9.17) is 4.74 Å². The van der Waals surface area contributed by atoms with Crippen molar-refractivity contribution < 1.29 is 9.53 Å². The Hall–Kier alpha value is -2.47. The summed E-state index contributed by atoms with van der Waals surface area (Å²) < 4.78 is 6.24. The standard InChI is InChI=1S/C22H31N3O3/c1-15(2)20(16-7-9-17(10-8-16)22(3,4)5)23-21(27)18-11-12-19(26)25(24-18)13-14-28-6/h7-12,15,20H,13-14H2,1-6H3,(H,23,27). The number of nitrogens with one attached hydrogen (secondary N) is 1. The number of hydrogen-bond acceptors (Lipinski definition) is 4. The zero-order valence-corrected chi connectivity index (χ0v) is 17.7. The molecule has 0 radical (unpaired) electrons. The van der Waals surface area contributed by atoms with Crippen LogP contribution in [0.5, 0.6) is 0 Å². The van der Waals surface area contributed by atoms with Crippen LogP contribution in [-0.2, 0) is 16.7 Å². The van der Waals surface area contributed by atoms with E-state index in [1.165, 1.54) is 22.4 Å². The lowest BCUT2D eigenvalue weighted by Crippen LogP contribution is -2.34. The first kappa shape index (κ1) is 21.8. The maximum absolute atomic E-state index is 12.8. The van der Waals surface area contributed by atoms with Gasteiger partial charge in [0.1, 0.15) is 5.69 Å². The second kappa shape index (κ2) is 9.15. The monoisotopic (exact) mass is 385 g/mol. The molecule has 1 N–H and O–H groups in total. The molecular weight excluding hydrogens is 354 g/mol. The highest BCUT2D eigenvalue weighted by molar-refractivity contribution is 5.92. The van der Waals surface area contributed by atoms with Crippen molar-refractivity contribution in [3.05, 3.63) is 63.6 Å². The van der Waals surface area contributed by atoms with Crippen LogP contribution >= 0.6 is 0 Å². The minimum atomic E-state index is -0.301. The molecule has 28 heavy (non-hydrogen) atoms. The minimum absolute atomic E-state index is 0.0783. The van der Waals surface area contributed by atoms with Gasteiger partial charge >= 0.3 is 0 Å². The van der Waals surface area contributed by atoms with Crippen LogP contribution in [0.25, 0.3) is 0 Å². The molecule has 0 aliphatic carbocycles. The molecule has 1 unspecified atom stereocenters. The van der Waals surface area contributed by atoms with Crippen LogP contribution in [0, 0.1) is 5.92 Å². The second-order valence-electron chi connectivity index (χ2n) is 8.34. The van der Waals surface area contributed by atoms with E-state index >= 15 is 0 Å². The minimum Gasteiger partial charge on any atom is -0.383 e. The zero-order valence-electron chi connectivity index (χ0n) is 17.7. The number of ether oxygens (including phenoxy) is 1. The van der Waals surface area contributed by atoms with E-state index in [0.717, 1.165) is 5.56 Å². The molecule has 6 heteroatoms. The van der Waals surface area contributed by atoms with E-state index < -0.39 is 0 Å². The summed E-state index contributed by atoms with van der Waals surface area (Å²) in [4.78, 5) is 24.7. The number of methoxy groups -OCH3 is 1. The fourth-order valence-corrected chi connectivity index (χ4v) is 2.95. The summed E-state index contributed by atoms with van der Waals surface area (Å²) >= 11 is 0. The SMILES string of the molecule is COCCn1nc(C(=O)NC(c2ccc(C(C)(C)C)cc2)C(C)C)ccc1=O. The molecule has 1 heterocycles. The average molecular weight is 386 g/mol. The van der Waals surface area contributed by atoms with Gasteiger partial charge in [0.2, 0.25) is 0 Å². The number of hydrogen-bond donors (Lipinski definition) is 1. The number of nitrogens with zero attached hydrogens (tertiary/aromatic N) is 2. The van der Waals surface area contributed by atoms with Gasteiger partial charge in [-0.25, -0.2) is 4.68 Å². The van der Waals surface area contributed by atoms with Gasteiger partial charge in [0.05, 0.1) is 19.2 Å². The third-order valence-electron chi connectivity index (χ3n) is 4.70. The number of benzene rings is 1. The molecular formula is C22H31N3O3. The Labute approximate surface area is 166 Å². The summed E-state index contributed by atoms with van der Waals surface area (Å²) in [5.74, 6) is -0.103. The highest BCUT2D eigenvalue weighted by Gasteiger charge is 2.21. The Bertz CT molecular complexity index is 849. The quantitative estimate of drug-likeness (QED) is 0.794. The van der Waals surface area contributed by atoms with E-state index in [1.807, 2.05) is 0 Å². The molecule has 2 rings (SSSR count). The molecule has 0 bridgehead atoms. The molecule has 152 valence electrons. The molecule has 1 aromatic carbocycles. The largest absolute Gasteiger partial charge is 0.383 e. The Kier molecular flexibility index (Phi) is 7.13. The fourth-order valence-electron chi connectivity index (χ4n) is 2.95. The third-order valence-corrected chi connectivity index (χ3v) is 4.70. The predicted molar refractivity (Wildman–Crippen MR) is 111 cm³/mol. The lowest BCUT2D eigenvalue weighted by atomic mass is 9.85. The molecule has 0 spiro atoms. The van der Waals surface area contributed by atoms with Crippen molar-refractivity contribution in [3.63, 3.8) is 0 Å². The number of rotatable bonds is 7. The molecule has 0 saturated carbocycles. The normalized spacial score (nSPS) is 12.8. The van der Waals surface area contributed by atoms with E-state index in [9.17, 15) is 9.59 Å². The first-order valence-electron chi connectivity index (χ1n) is 9.62. The van der Waals surface area contributed by atoms with Crippen LogP contribution in [0.4, 0.5) is 0 Å². The lowest BCUT2D eigenvalue weighted by Gasteiger charge is -2.25. The first-order valence-corrected chi connectivity index (χ1v) is 9.62. The summed E-state index contributed by atoms with van der Waals surface area (Å²) in [6.45, 7) is 11.3. The van der Waals surface area contributed by atoms with E-state index in [0.29, 0.717) is 13.2 Å². The Balaban J connectivity index is 2.22. The molecule has 0 aliphatic heterocycles. The van der Waals surface area contributed by atoms with E-state index in [-0.39, 0.29) is 34.5 Å². The first-order chi connectivity index (χ1) is 13.1. The summed E-state index contributed by atoms with van der Waals surface area (Å²) in [6, 6.07) is 11.0. The summed E-state index contributed by atoms with van der Waals surface area (Å²) in [6.07, 6.45) is 0. The zero-order chi connectivity index (χ0) is 20.9. The van der Waals surface area contributed by atoms with Crippen molar-refractivity contribution in [3.8, 4) is 0 Å². The molecule has 1 aromatic heterocycles. The van der Waals surface area contributed by atoms with Crippen molar-refractivity contribution in [2.75, 3.05) is 13.7 Å². The van der Waals surface area contributed by atoms with Crippen molar-refractivity contribution in [2.45, 2.75) is 52.6 Å². The van der Waals surface area contributed by atoms with Crippen LogP contribution in [-0.4, -0.2) is 29.4 Å². The van der Waals surface area contributed by atoms with Crippen LogP contribution in [0.2, 0.25) is 0 Å². The maximum Gasteiger partial charge on any atom is 0.272 e. The lowest BCUT2D eigenvalue weighted by molar-refractivity contribution is 0.0916. The topological polar surface area (TPSA) is 73.2 Å².